The monoisotopic (exact) mass is 316 g/mol. The normalized spacial score (nSPS) is 55.4. The Morgan fingerprint density at radius 3 is 2.57 bits per heavy atom. The molecule has 4 aliphatic carbocycles. The van der Waals surface area contributed by atoms with Crippen molar-refractivity contribution in [2.24, 2.45) is 34.0 Å². The minimum Gasteiger partial charge on any atom is -0.393 e. The van der Waals surface area contributed by atoms with Gasteiger partial charge in [-0.15, -0.1) is 0 Å². The lowest BCUT2D eigenvalue weighted by atomic mass is 9.46. The standard InChI is InChI=1S/C21H32O2/c1-19(13-22)10-11-20(2)14(12-19)4-5-15-16-6-7-18(23)21(16,3)9-8-17(15)20/h12-13,15-18,23H,4-11H2,1-3H3. The molecule has 0 aromatic carbocycles. The zero-order chi connectivity index (χ0) is 16.5. The van der Waals surface area contributed by atoms with Crippen LogP contribution in [-0.2, 0) is 4.79 Å². The van der Waals surface area contributed by atoms with Crippen molar-refractivity contribution < 1.29 is 9.90 Å². The molecule has 2 heteroatoms. The second-order valence-corrected chi connectivity index (χ2v) is 9.76. The Morgan fingerprint density at radius 1 is 1.04 bits per heavy atom. The second-order valence-electron chi connectivity index (χ2n) is 9.76. The van der Waals surface area contributed by atoms with E-state index >= 15 is 0 Å². The van der Waals surface area contributed by atoms with E-state index in [1.165, 1.54) is 38.5 Å². The van der Waals surface area contributed by atoms with Crippen LogP contribution in [0, 0.1) is 34.0 Å². The molecule has 3 fully saturated rings. The third kappa shape index (κ3) is 2.06. The molecule has 0 heterocycles. The summed E-state index contributed by atoms with van der Waals surface area (Å²) in [7, 11) is 0. The van der Waals surface area contributed by atoms with Crippen LogP contribution in [0.4, 0.5) is 0 Å². The van der Waals surface area contributed by atoms with E-state index in [1.807, 2.05) is 0 Å². The van der Waals surface area contributed by atoms with E-state index in [0.717, 1.165) is 31.0 Å². The van der Waals surface area contributed by atoms with Crippen molar-refractivity contribution in [1.82, 2.24) is 0 Å². The Morgan fingerprint density at radius 2 is 1.83 bits per heavy atom. The summed E-state index contributed by atoms with van der Waals surface area (Å²) in [6.07, 6.45) is 12.7. The molecule has 0 saturated heterocycles. The van der Waals surface area contributed by atoms with Crippen LogP contribution >= 0.6 is 0 Å². The van der Waals surface area contributed by atoms with Crippen molar-refractivity contribution in [2.75, 3.05) is 0 Å². The van der Waals surface area contributed by atoms with Crippen molar-refractivity contribution in [1.29, 1.82) is 0 Å². The van der Waals surface area contributed by atoms with Crippen LogP contribution < -0.4 is 0 Å². The first kappa shape index (κ1) is 15.9. The molecule has 3 saturated carbocycles. The topological polar surface area (TPSA) is 37.3 Å². The van der Waals surface area contributed by atoms with Crippen LogP contribution in [0.1, 0.15) is 72.1 Å². The van der Waals surface area contributed by atoms with E-state index in [2.05, 4.69) is 26.8 Å². The molecule has 0 radical (unpaired) electrons. The fourth-order valence-corrected chi connectivity index (χ4v) is 6.97. The molecule has 0 aromatic rings. The molecule has 7 atom stereocenters. The third-order valence-electron chi connectivity index (χ3n) is 8.64. The molecule has 7 unspecified atom stereocenters. The van der Waals surface area contributed by atoms with Gasteiger partial charge in [-0.25, -0.2) is 0 Å². The van der Waals surface area contributed by atoms with Crippen LogP contribution in [0.2, 0.25) is 0 Å². The summed E-state index contributed by atoms with van der Waals surface area (Å²) in [6, 6.07) is 0. The Balaban J connectivity index is 1.67. The molecule has 2 nitrogen and oxygen atoms in total. The van der Waals surface area contributed by atoms with Gasteiger partial charge in [0.2, 0.25) is 0 Å². The molecule has 4 aliphatic rings. The average Bonchev–Trinajstić information content (AvgIpc) is 2.84. The molecule has 0 aliphatic heterocycles. The fourth-order valence-electron chi connectivity index (χ4n) is 6.97. The second kappa shape index (κ2) is 4.94. The zero-order valence-electron chi connectivity index (χ0n) is 15.0. The van der Waals surface area contributed by atoms with Gasteiger partial charge >= 0.3 is 0 Å². The zero-order valence-corrected chi connectivity index (χ0v) is 15.0. The molecule has 128 valence electrons. The molecule has 0 bridgehead atoms. The number of carbonyl (C=O) groups is 1. The number of hydrogen-bond acceptors (Lipinski definition) is 2. The number of aliphatic hydroxyl groups is 1. The average molecular weight is 316 g/mol. The van der Waals surface area contributed by atoms with Gasteiger partial charge in [-0.3, -0.25) is 0 Å². The molecule has 0 spiro atoms. The van der Waals surface area contributed by atoms with Crippen LogP contribution in [0.25, 0.3) is 0 Å². The Kier molecular flexibility index (Phi) is 3.41. The van der Waals surface area contributed by atoms with Crippen LogP contribution in [0.5, 0.6) is 0 Å². The summed E-state index contributed by atoms with van der Waals surface area (Å²) in [5, 5.41) is 10.5. The largest absolute Gasteiger partial charge is 0.393 e. The third-order valence-corrected chi connectivity index (χ3v) is 8.64. The molecular weight excluding hydrogens is 284 g/mol. The molecule has 4 rings (SSSR count). The van der Waals surface area contributed by atoms with Gasteiger partial charge in [0.05, 0.1) is 6.10 Å². The number of hydrogen-bond donors (Lipinski definition) is 1. The quantitative estimate of drug-likeness (QED) is 0.570. The first-order chi connectivity index (χ1) is 10.8. The predicted octanol–water partition coefficient (Wildman–Crippen LogP) is 4.52. The van der Waals surface area contributed by atoms with Gasteiger partial charge in [-0.05, 0) is 86.9 Å². The van der Waals surface area contributed by atoms with Crippen LogP contribution in [0.3, 0.4) is 0 Å². The first-order valence-electron chi connectivity index (χ1n) is 9.69. The van der Waals surface area contributed by atoms with E-state index in [1.54, 1.807) is 5.57 Å². The number of carbonyl (C=O) groups excluding carboxylic acids is 1. The van der Waals surface area contributed by atoms with E-state index in [9.17, 15) is 9.90 Å². The summed E-state index contributed by atoms with van der Waals surface area (Å²) >= 11 is 0. The van der Waals surface area contributed by atoms with Crippen molar-refractivity contribution in [3.63, 3.8) is 0 Å². The minimum atomic E-state index is -0.228. The number of aliphatic hydroxyl groups excluding tert-OH is 1. The Bertz CT molecular complexity index is 552. The van der Waals surface area contributed by atoms with Crippen molar-refractivity contribution in [3.05, 3.63) is 11.6 Å². The Hall–Kier alpha value is -0.630. The lowest BCUT2D eigenvalue weighted by Gasteiger charge is -2.58. The lowest BCUT2D eigenvalue weighted by Crippen LogP contribution is -2.51. The number of fused-ring (bicyclic) bond motifs is 5. The number of rotatable bonds is 1. The van der Waals surface area contributed by atoms with E-state index in [4.69, 9.17) is 0 Å². The van der Waals surface area contributed by atoms with Gasteiger partial charge in [-0.1, -0.05) is 25.5 Å². The van der Waals surface area contributed by atoms with E-state index < -0.39 is 0 Å². The Labute approximate surface area is 140 Å². The number of allylic oxidation sites excluding steroid dienone is 2. The van der Waals surface area contributed by atoms with Gasteiger partial charge in [-0.2, -0.15) is 0 Å². The molecule has 0 amide bonds. The van der Waals surface area contributed by atoms with Crippen molar-refractivity contribution in [2.45, 2.75) is 78.2 Å². The number of aldehydes is 1. The lowest BCUT2D eigenvalue weighted by molar-refractivity contribution is -0.115. The van der Waals surface area contributed by atoms with Gasteiger partial charge in [0.15, 0.2) is 0 Å². The maximum absolute atomic E-state index is 11.5. The van der Waals surface area contributed by atoms with E-state index in [0.29, 0.717) is 11.3 Å². The van der Waals surface area contributed by atoms with Gasteiger partial charge < -0.3 is 9.90 Å². The van der Waals surface area contributed by atoms with Gasteiger partial charge in [0.1, 0.15) is 6.29 Å². The summed E-state index contributed by atoms with van der Waals surface area (Å²) in [5.74, 6) is 2.27. The van der Waals surface area contributed by atoms with E-state index in [-0.39, 0.29) is 16.9 Å². The van der Waals surface area contributed by atoms with Crippen molar-refractivity contribution in [3.8, 4) is 0 Å². The minimum absolute atomic E-state index is 0.0806. The molecular formula is C21H32O2. The highest BCUT2D eigenvalue weighted by Gasteiger charge is 2.59. The van der Waals surface area contributed by atoms with Gasteiger partial charge in [0, 0.05) is 5.41 Å². The highest BCUT2D eigenvalue weighted by atomic mass is 16.3. The smallest absolute Gasteiger partial charge is 0.129 e. The SMILES string of the molecule is CC1(C=O)C=C2CCC3C(CCC4(C)C(O)CCC34)C2(C)CC1. The predicted molar refractivity (Wildman–Crippen MR) is 91.9 cm³/mol. The van der Waals surface area contributed by atoms with Crippen molar-refractivity contribution >= 4 is 6.29 Å². The summed E-state index contributed by atoms with van der Waals surface area (Å²) in [5.41, 5.74) is 1.82. The molecule has 23 heavy (non-hydrogen) atoms. The summed E-state index contributed by atoms with van der Waals surface area (Å²) < 4.78 is 0. The summed E-state index contributed by atoms with van der Waals surface area (Å²) in [6.45, 7) is 6.93. The van der Waals surface area contributed by atoms with Crippen LogP contribution in [-0.4, -0.2) is 17.5 Å². The maximum atomic E-state index is 11.5. The summed E-state index contributed by atoms with van der Waals surface area (Å²) in [4.78, 5) is 11.5. The first-order valence-corrected chi connectivity index (χ1v) is 9.69. The highest BCUT2D eigenvalue weighted by Crippen LogP contribution is 2.66. The fraction of sp³-hybridized carbons (Fsp3) is 0.857. The highest BCUT2D eigenvalue weighted by molar-refractivity contribution is 5.63. The molecule has 0 aromatic heterocycles. The van der Waals surface area contributed by atoms with Crippen LogP contribution in [0.15, 0.2) is 11.6 Å². The maximum Gasteiger partial charge on any atom is 0.129 e. The van der Waals surface area contributed by atoms with Gasteiger partial charge in [0.25, 0.3) is 0 Å². The molecule has 1 N–H and O–H groups in total.